The van der Waals surface area contributed by atoms with Gasteiger partial charge in [0.2, 0.25) is 11.9 Å². The first-order valence-electron chi connectivity index (χ1n) is 12.0. The van der Waals surface area contributed by atoms with Gasteiger partial charge in [0.25, 0.3) is 5.56 Å². The van der Waals surface area contributed by atoms with Gasteiger partial charge in [-0.25, -0.2) is 15.1 Å². The average Bonchev–Trinajstić information content (AvgIpc) is 3.68. The van der Waals surface area contributed by atoms with Crippen molar-refractivity contribution in [2.75, 3.05) is 43.0 Å². The molecule has 2 aromatic heterocycles. The van der Waals surface area contributed by atoms with Crippen LogP contribution >= 0.6 is 0 Å². The summed E-state index contributed by atoms with van der Waals surface area (Å²) in [6, 6.07) is -0.554. The third-order valence-corrected chi connectivity index (χ3v) is 6.26. The molecule has 2 N–H and O–H groups in total. The Morgan fingerprint density at radius 3 is 2.44 bits per heavy atom. The van der Waals surface area contributed by atoms with Crippen LogP contribution in [-0.2, 0) is 15.7 Å². The minimum atomic E-state index is -4.82. The molecule has 1 aliphatic heterocycles. The van der Waals surface area contributed by atoms with Crippen LogP contribution in [0.15, 0.2) is 23.4 Å². The first-order chi connectivity index (χ1) is 17.1. The van der Waals surface area contributed by atoms with Crippen LogP contribution in [-0.4, -0.2) is 75.9 Å². The molecule has 0 spiro atoms. The zero-order valence-electron chi connectivity index (χ0n) is 20.2. The Labute approximate surface area is 206 Å². The van der Waals surface area contributed by atoms with Gasteiger partial charge < -0.3 is 19.9 Å². The van der Waals surface area contributed by atoms with Gasteiger partial charge in [0.05, 0.1) is 31.0 Å². The molecule has 36 heavy (non-hydrogen) atoms. The summed E-state index contributed by atoms with van der Waals surface area (Å²) in [6.45, 7) is 5.77. The molecule has 2 aliphatic rings. The fourth-order valence-corrected chi connectivity index (χ4v) is 4.12. The number of piperazine rings is 1. The van der Waals surface area contributed by atoms with Crippen LogP contribution in [0.3, 0.4) is 0 Å². The fourth-order valence-electron chi connectivity index (χ4n) is 4.12. The lowest BCUT2D eigenvalue weighted by Crippen LogP contribution is -2.49. The molecule has 4 rings (SSSR count). The molecule has 13 heteroatoms. The second-order valence-corrected chi connectivity index (χ2v) is 9.34. The number of H-pyrrole nitrogens is 1. The second-order valence-electron chi connectivity index (χ2n) is 9.34. The van der Waals surface area contributed by atoms with E-state index < -0.39 is 35.1 Å². The molecule has 0 radical (unpaired) electrons. The number of aromatic amines is 1. The number of hydrogen-bond donors (Lipinski definition) is 2. The van der Waals surface area contributed by atoms with Gasteiger partial charge in [-0.15, -0.1) is 0 Å². The Hall–Kier alpha value is -3.22. The zero-order valence-corrected chi connectivity index (χ0v) is 20.2. The standard InChI is InChI=1S/C23H30F3N7O3/c1-14(30-18-12-29-31-21(35)20(18)23(24,25)26)13-36-15(2)9-19(34)32-5-7-33(8-6-32)22-27-10-17(11-28-22)16-3-4-16/h10-12,14-16H,3-9,13H2,1-2H3,(H2,30,31,35)/t14-,15?/m0/s1. The molecule has 3 heterocycles. The summed E-state index contributed by atoms with van der Waals surface area (Å²) in [7, 11) is 0. The Kier molecular flexibility index (Phi) is 7.76. The minimum absolute atomic E-state index is 0.0422. The van der Waals surface area contributed by atoms with Crippen LogP contribution in [0.2, 0.25) is 0 Å². The van der Waals surface area contributed by atoms with E-state index in [-0.39, 0.29) is 18.9 Å². The van der Waals surface area contributed by atoms with Crippen molar-refractivity contribution in [1.82, 2.24) is 25.1 Å². The van der Waals surface area contributed by atoms with Crippen molar-refractivity contribution in [2.45, 2.75) is 57.3 Å². The van der Waals surface area contributed by atoms with Gasteiger partial charge in [0.1, 0.15) is 5.56 Å². The topological polar surface area (TPSA) is 116 Å². The first-order valence-corrected chi connectivity index (χ1v) is 12.0. The molecular formula is C23H30F3N7O3. The highest BCUT2D eigenvalue weighted by Crippen LogP contribution is 2.39. The quantitative estimate of drug-likeness (QED) is 0.530. The number of nitrogens with one attached hydrogen (secondary N) is 2. The van der Waals surface area contributed by atoms with Crippen molar-refractivity contribution in [3.63, 3.8) is 0 Å². The lowest BCUT2D eigenvalue weighted by Gasteiger charge is -2.35. The molecule has 0 aromatic carbocycles. The third kappa shape index (κ3) is 6.50. The highest BCUT2D eigenvalue weighted by molar-refractivity contribution is 5.77. The van der Waals surface area contributed by atoms with Gasteiger partial charge in [-0.1, -0.05) is 0 Å². The highest BCUT2D eigenvalue weighted by atomic mass is 19.4. The summed E-state index contributed by atoms with van der Waals surface area (Å²) < 4.78 is 45.3. The molecule has 1 saturated heterocycles. The molecule has 0 bridgehead atoms. The number of alkyl halides is 3. The van der Waals surface area contributed by atoms with Gasteiger partial charge in [0.15, 0.2) is 0 Å². The Morgan fingerprint density at radius 1 is 1.17 bits per heavy atom. The van der Waals surface area contributed by atoms with Crippen LogP contribution in [0.4, 0.5) is 24.8 Å². The number of halogens is 3. The van der Waals surface area contributed by atoms with E-state index in [0.717, 1.165) is 6.20 Å². The molecule has 1 amide bonds. The number of hydrogen-bond acceptors (Lipinski definition) is 8. The number of rotatable bonds is 9. The number of nitrogens with zero attached hydrogens (tertiary/aromatic N) is 5. The van der Waals surface area contributed by atoms with Crippen LogP contribution in [0.5, 0.6) is 0 Å². The minimum Gasteiger partial charge on any atom is -0.378 e. The summed E-state index contributed by atoms with van der Waals surface area (Å²) in [4.78, 5) is 37.1. The summed E-state index contributed by atoms with van der Waals surface area (Å²) in [5.74, 6) is 1.23. The predicted molar refractivity (Wildman–Crippen MR) is 126 cm³/mol. The lowest BCUT2D eigenvalue weighted by atomic mass is 10.2. The molecule has 2 aromatic rings. The number of anilines is 2. The number of carbonyl (C=O) groups excluding carboxylic acids is 1. The molecule has 1 saturated carbocycles. The van der Waals surface area contributed by atoms with E-state index in [0.29, 0.717) is 38.0 Å². The van der Waals surface area contributed by atoms with Crippen LogP contribution < -0.4 is 15.8 Å². The third-order valence-electron chi connectivity index (χ3n) is 6.26. The second kappa shape index (κ2) is 10.8. The summed E-state index contributed by atoms with van der Waals surface area (Å²) in [5, 5.41) is 7.85. The van der Waals surface area contributed by atoms with Crippen LogP contribution in [0.25, 0.3) is 0 Å². The van der Waals surface area contributed by atoms with E-state index in [1.807, 2.05) is 12.4 Å². The highest BCUT2D eigenvalue weighted by Gasteiger charge is 2.37. The number of carbonyl (C=O) groups is 1. The van der Waals surface area contributed by atoms with Gasteiger partial charge >= 0.3 is 6.18 Å². The fraction of sp³-hybridized carbons (Fsp3) is 0.609. The van der Waals surface area contributed by atoms with Crippen molar-refractivity contribution in [3.8, 4) is 0 Å². The Balaban J connectivity index is 1.20. The summed E-state index contributed by atoms with van der Waals surface area (Å²) >= 11 is 0. The zero-order chi connectivity index (χ0) is 25.9. The molecule has 1 unspecified atom stereocenters. The molecule has 2 fully saturated rings. The van der Waals surface area contributed by atoms with Crippen LogP contribution in [0.1, 0.15) is 50.2 Å². The van der Waals surface area contributed by atoms with E-state index in [9.17, 15) is 22.8 Å². The molecule has 2 atom stereocenters. The van der Waals surface area contributed by atoms with E-state index >= 15 is 0 Å². The largest absolute Gasteiger partial charge is 0.423 e. The van der Waals surface area contributed by atoms with Gasteiger partial charge in [-0.2, -0.15) is 18.3 Å². The maximum absolute atomic E-state index is 13.2. The van der Waals surface area contributed by atoms with Gasteiger partial charge in [0, 0.05) is 44.6 Å². The average molecular weight is 510 g/mol. The van der Waals surface area contributed by atoms with E-state index in [1.165, 1.54) is 18.4 Å². The molecule has 10 nitrogen and oxygen atoms in total. The van der Waals surface area contributed by atoms with E-state index in [2.05, 4.69) is 25.3 Å². The van der Waals surface area contributed by atoms with Crippen molar-refractivity contribution in [1.29, 1.82) is 0 Å². The normalized spacial score (nSPS) is 18.1. The van der Waals surface area contributed by atoms with Gasteiger partial charge in [-0.05, 0) is 38.2 Å². The van der Waals surface area contributed by atoms with Crippen LogP contribution in [0, 0.1) is 0 Å². The Morgan fingerprint density at radius 2 is 1.83 bits per heavy atom. The van der Waals surface area contributed by atoms with Crippen molar-refractivity contribution in [2.24, 2.45) is 0 Å². The molecular weight excluding hydrogens is 479 g/mol. The number of amides is 1. The number of aromatic nitrogens is 4. The maximum Gasteiger partial charge on any atom is 0.423 e. The monoisotopic (exact) mass is 509 g/mol. The van der Waals surface area contributed by atoms with E-state index in [1.54, 1.807) is 23.8 Å². The first kappa shape index (κ1) is 25.9. The number of ether oxygens (including phenoxy) is 1. The summed E-state index contributed by atoms with van der Waals surface area (Å²) in [5.41, 5.74) is -1.89. The molecule has 196 valence electrons. The van der Waals surface area contributed by atoms with Crippen molar-refractivity contribution in [3.05, 3.63) is 40.1 Å². The SMILES string of the molecule is CC(CC(=O)N1CCN(c2ncc(C3CC3)cn2)CC1)OC[C@H](C)Nc1cn[nH]c(=O)c1C(F)(F)F. The summed E-state index contributed by atoms with van der Waals surface area (Å²) in [6.07, 6.45) is 2.00. The predicted octanol–water partition coefficient (Wildman–Crippen LogP) is 2.40. The van der Waals surface area contributed by atoms with Crippen molar-refractivity contribution < 1.29 is 22.7 Å². The van der Waals surface area contributed by atoms with Gasteiger partial charge in [-0.3, -0.25) is 9.59 Å². The maximum atomic E-state index is 13.2. The lowest BCUT2D eigenvalue weighted by molar-refractivity contribution is -0.138. The van der Waals surface area contributed by atoms with E-state index in [4.69, 9.17) is 4.74 Å². The smallest absolute Gasteiger partial charge is 0.378 e. The molecule has 1 aliphatic carbocycles. The van der Waals surface area contributed by atoms with Crippen molar-refractivity contribution >= 4 is 17.5 Å². The Bertz CT molecular complexity index is 1100.